The number of amides is 2. The molecular weight excluding hydrogens is 296 g/mol. The van der Waals surface area contributed by atoms with Crippen LogP contribution in [0.3, 0.4) is 0 Å². The monoisotopic (exact) mass is 318 g/mol. The van der Waals surface area contributed by atoms with Gasteiger partial charge < -0.3 is 9.80 Å². The summed E-state index contributed by atoms with van der Waals surface area (Å²) in [5.74, 6) is 0.491. The second-order valence-corrected chi connectivity index (χ2v) is 7.90. The van der Waals surface area contributed by atoms with Crippen molar-refractivity contribution in [2.75, 3.05) is 25.0 Å². The first kappa shape index (κ1) is 15.4. The summed E-state index contributed by atoms with van der Waals surface area (Å²) >= 11 is 1.39. The zero-order chi connectivity index (χ0) is 15.9. The van der Waals surface area contributed by atoms with E-state index in [1.54, 1.807) is 18.9 Å². The van der Waals surface area contributed by atoms with Crippen LogP contribution in [0, 0.1) is 5.92 Å². The molecule has 1 atom stereocenters. The summed E-state index contributed by atoms with van der Waals surface area (Å²) in [4.78, 5) is 30.3. The van der Waals surface area contributed by atoms with Crippen molar-refractivity contribution in [3.05, 3.63) is 24.3 Å². The normalized spacial score (nSPS) is 26.0. The van der Waals surface area contributed by atoms with Crippen LogP contribution in [-0.2, 0) is 9.59 Å². The highest BCUT2D eigenvalue weighted by molar-refractivity contribution is 8.02. The first-order chi connectivity index (χ1) is 10.4. The number of hydrogen-bond acceptors (Lipinski definition) is 3. The van der Waals surface area contributed by atoms with Crippen LogP contribution in [0.4, 0.5) is 5.69 Å². The van der Waals surface area contributed by atoms with E-state index in [0.29, 0.717) is 5.92 Å². The predicted octanol–water partition coefficient (Wildman–Crippen LogP) is 2.77. The topological polar surface area (TPSA) is 40.6 Å². The van der Waals surface area contributed by atoms with Gasteiger partial charge in [0.2, 0.25) is 5.91 Å². The Balaban J connectivity index is 1.89. The van der Waals surface area contributed by atoms with Gasteiger partial charge in [0, 0.05) is 25.0 Å². The van der Waals surface area contributed by atoms with Crippen molar-refractivity contribution >= 4 is 29.3 Å². The van der Waals surface area contributed by atoms with Crippen LogP contribution in [0.15, 0.2) is 29.2 Å². The maximum absolute atomic E-state index is 13.0. The molecule has 3 rings (SSSR count). The molecule has 0 N–H and O–H groups in total. The molecule has 22 heavy (non-hydrogen) atoms. The average Bonchev–Trinajstić information content (AvgIpc) is 2.53. The Hall–Kier alpha value is -1.49. The molecule has 2 heterocycles. The number of carbonyl (C=O) groups excluding carboxylic acids is 2. The van der Waals surface area contributed by atoms with Crippen molar-refractivity contribution in [2.24, 2.45) is 5.92 Å². The third-order valence-electron chi connectivity index (χ3n) is 4.73. The number of carbonyl (C=O) groups is 2. The Morgan fingerprint density at radius 2 is 1.91 bits per heavy atom. The molecule has 1 saturated heterocycles. The van der Waals surface area contributed by atoms with Gasteiger partial charge in [0.05, 0.1) is 5.69 Å². The van der Waals surface area contributed by atoms with Crippen molar-refractivity contribution < 1.29 is 9.59 Å². The lowest BCUT2D eigenvalue weighted by Crippen LogP contribution is -2.57. The van der Waals surface area contributed by atoms with Crippen LogP contribution in [0.2, 0.25) is 0 Å². The number of benzene rings is 1. The van der Waals surface area contributed by atoms with Gasteiger partial charge in [-0.1, -0.05) is 30.8 Å². The van der Waals surface area contributed by atoms with Gasteiger partial charge in [-0.25, -0.2) is 0 Å². The van der Waals surface area contributed by atoms with Crippen molar-refractivity contribution in [3.8, 4) is 0 Å². The molecule has 0 unspecified atom stereocenters. The van der Waals surface area contributed by atoms with Gasteiger partial charge in [0.15, 0.2) is 4.75 Å². The van der Waals surface area contributed by atoms with E-state index in [0.717, 1.165) is 36.5 Å². The molecule has 5 heteroatoms. The SMILES string of the molecule is CC1CCN(C(=O)[C@]2(C)Sc3ccccc3N(C)C2=O)CC1. The Bertz CT molecular complexity index is 610. The standard InChI is InChI=1S/C17H22N2O2S/c1-12-8-10-19(11-9-12)16(21)17(2)15(20)18(3)13-6-4-5-7-14(13)22-17/h4-7,12H,8-11H2,1-3H3/t17-/m1/s1. The lowest BCUT2D eigenvalue weighted by atomic mass is 9.97. The number of thioether (sulfide) groups is 1. The van der Waals surface area contributed by atoms with Gasteiger partial charge in [-0.3, -0.25) is 9.59 Å². The van der Waals surface area contributed by atoms with Crippen molar-refractivity contribution in [3.63, 3.8) is 0 Å². The summed E-state index contributed by atoms with van der Waals surface area (Å²) in [5.41, 5.74) is 0.884. The van der Waals surface area contributed by atoms with Gasteiger partial charge in [0.25, 0.3) is 5.91 Å². The molecule has 2 amide bonds. The molecule has 0 aliphatic carbocycles. The van der Waals surface area contributed by atoms with E-state index in [-0.39, 0.29) is 11.8 Å². The lowest BCUT2D eigenvalue weighted by Gasteiger charge is -2.41. The maximum atomic E-state index is 13.0. The minimum atomic E-state index is -1.05. The average molecular weight is 318 g/mol. The summed E-state index contributed by atoms with van der Waals surface area (Å²) in [6.07, 6.45) is 2.04. The number of para-hydroxylation sites is 1. The number of hydrogen-bond donors (Lipinski definition) is 0. The van der Waals surface area contributed by atoms with E-state index < -0.39 is 4.75 Å². The molecular formula is C17H22N2O2S. The van der Waals surface area contributed by atoms with Gasteiger partial charge in [-0.15, -0.1) is 0 Å². The second-order valence-electron chi connectivity index (χ2n) is 6.44. The number of piperidine rings is 1. The van der Waals surface area contributed by atoms with Gasteiger partial charge in [0.1, 0.15) is 0 Å². The smallest absolute Gasteiger partial charge is 0.252 e. The number of anilines is 1. The zero-order valence-electron chi connectivity index (χ0n) is 13.3. The van der Waals surface area contributed by atoms with Crippen molar-refractivity contribution in [1.29, 1.82) is 0 Å². The summed E-state index contributed by atoms with van der Waals surface area (Å²) in [5, 5.41) is 0. The Labute approximate surface area is 135 Å². The first-order valence-electron chi connectivity index (χ1n) is 7.79. The lowest BCUT2D eigenvalue weighted by molar-refractivity contribution is -0.139. The van der Waals surface area contributed by atoms with E-state index in [9.17, 15) is 9.59 Å². The molecule has 0 saturated carbocycles. The third kappa shape index (κ3) is 2.41. The van der Waals surface area contributed by atoms with Crippen LogP contribution in [0.1, 0.15) is 26.7 Å². The Morgan fingerprint density at radius 3 is 2.59 bits per heavy atom. The summed E-state index contributed by atoms with van der Waals surface area (Å²) in [7, 11) is 1.75. The summed E-state index contributed by atoms with van der Waals surface area (Å²) in [6, 6.07) is 7.77. The molecule has 1 fully saturated rings. The molecule has 1 aromatic carbocycles. The molecule has 2 aliphatic rings. The fourth-order valence-electron chi connectivity index (χ4n) is 3.16. The quantitative estimate of drug-likeness (QED) is 0.748. The first-order valence-corrected chi connectivity index (χ1v) is 8.60. The largest absolute Gasteiger partial charge is 0.341 e. The van der Waals surface area contributed by atoms with Gasteiger partial charge >= 0.3 is 0 Å². The zero-order valence-corrected chi connectivity index (χ0v) is 14.2. The fraction of sp³-hybridized carbons (Fsp3) is 0.529. The number of rotatable bonds is 1. The molecule has 0 radical (unpaired) electrons. The van der Waals surface area contributed by atoms with E-state index in [1.807, 2.05) is 29.2 Å². The van der Waals surface area contributed by atoms with E-state index in [1.165, 1.54) is 11.8 Å². The van der Waals surface area contributed by atoms with Crippen LogP contribution >= 0.6 is 11.8 Å². The van der Waals surface area contributed by atoms with E-state index >= 15 is 0 Å². The second kappa shape index (κ2) is 5.61. The van der Waals surface area contributed by atoms with Crippen LogP contribution < -0.4 is 4.90 Å². The molecule has 2 aliphatic heterocycles. The number of likely N-dealkylation sites (tertiary alicyclic amines) is 1. The Kier molecular flexibility index (Phi) is 3.93. The van der Waals surface area contributed by atoms with Gasteiger partial charge in [-0.05, 0) is 37.8 Å². The number of fused-ring (bicyclic) bond motifs is 1. The summed E-state index contributed by atoms with van der Waals surface area (Å²) < 4.78 is -1.05. The molecule has 4 nitrogen and oxygen atoms in total. The highest BCUT2D eigenvalue weighted by atomic mass is 32.2. The third-order valence-corrected chi connectivity index (χ3v) is 6.06. The maximum Gasteiger partial charge on any atom is 0.252 e. The van der Waals surface area contributed by atoms with Crippen LogP contribution in [0.25, 0.3) is 0 Å². The van der Waals surface area contributed by atoms with Crippen molar-refractivity contribution in [2.45, 2.75) is 36.3 Å². The van der Waals surface area contributed by atoms with E-state index in [4.69, 9.17) is 0 Å². The van der Waals surface area contributed by atoms with Gasteiger partial charge in [-0.2, -0.15) is 0 Å². The van der Waals surface area contributed by atoms with Crippen LogP contribution in [0.5, 0.6) is 0 Å². The highest BCUT2D eigenvalue weighted by Crippen LogP contribution is 2.45. The minimum Gasteiger partial charge on any atom is -0.341 e. The Morgan fingerprint density at radius 1 is 1.27 bits per heavy atom. The number of nitrogens with zero attached hydrogens (tertiary/aromatic N) is 2. The highest BCUT2D eigenvalue weighted by Gasteiger charge is 2.50. The molecule has 0 spiro atoms. The predicted molar refractivity (Wildman–Crippen MR) is 89.1 cm³/mol. The van der Waals surface area contributed by atoms with E-state index in [2.05, 4.69) is 6.92 Å². The van der Waals surface area contributed by atoms with Crippen LogP contribution in [-0.4, -0.2) is 41.6 Å². The summed E-state index contributed by atoms with van der Waals surface area (Å²) in [6.45, 7) is 5.50. The molecule has 0 bridgehead atoms. The van der Waals surface area contributed by atoms with Crippen molar-refractivity contribution in [1.82, 2.24) is 4.90 Å². The minimum absolute atomic E-state index is 0.0456. The molecule has 0 aromatic heterocycles. The molecule has 118 valence electrons. The molecule has 1 aromatic rings. The fourth-order valence-corrected chi connectivity index (χ4v) is 4.50.